The van der Waals surface area contributed by atoms with Crippen LogP contribution in [0.2, 0.25) is 0 Å². The molecule has 1 fully saturated rings. The van der Waals surface area contributed by atoms with E-state index in [9.17, 15) is 57.8 Å². The summed E-state index contributed by atoms with van der Waals surface area (Å²) in [5, 5.41) is 46.3. The summed E-state index contributed by atoms with van der Waals surface area (Å²) in [5.74, 6) is -7.63. The minimum atomic E-state index is -1.38. The molecule has 1 saturated heterocycles. The highest BCUT2D eigenvalue weighted by molar-refractivity contribution is 8.76. The molecule has 0 aliphatic carbocycles. The number of nitrogens with two attached hydrogens (primary N) is 4. The fourth-order valence-electron chi connectivity index (χ4n) is 11.6. The summed E-state index contributed by atoms with van der Waals surface area (Å²) in [6.45, 7) is 13.6. The van der Waals surface area contributed by atoms with Gasteiger partial charge in [0.2, 0.25) is 65.0 Å². The summed E-state index contributed by atoms with van der Waals surface area (Å²) in [6.07, 6.45) is 4.22. The monoisotopic (exact) mass is 1650 g/mol. The number of phenolic OH excluding ortho intramolecular Hbond substituents is 1. The number of hydrogen-bond acceptors (Lipinski definition) is 24. The highest BCUT2D eigenvalue weighted by atomic mass is 33.1. The lowest BCUT2D eigenvalue weighted by molar-refractivity contribution is -0.135. The SMILES string of the molecule is CC(=O)NC1CCSSCC(C(=O)NC(CCCCNC(C)C)C(=O)NCCOCCOCCOCCOCCOCCOCCC(=O)NC(CCCCN)C(N)=O)NC(=O)CNC(=O)C(Cc2ccc3ccccc3c2)NC(=O)[C@@H](CCCN=C(N)N)NC(=O)C(CCCCNC(C)C)NC(=O)C(Cc2ccc(O)cc2)NC1=O. The first-order valence-electron chi connectivity index (χ1n) is 39.7. The average molecular weight is 1660 g/mol. The highest BCUT2D eigenvalue weighted by Crippen LogP contribution is 2.25. The van der Waals surface area contributed by atoms with E-state index in [1.54, 1.807) is 18.2 Å². The molecule has 0 radical (unpaired) electrons. The number of ether oxygens (including phenoxy) is 6. The first-order valence-corrected chi connectivity index (χ1v) is 42.2. The topological polar surface area (TPSA) is 524 Å². The number of aliphatic imine (C=N–C) groups is 1. The number of hydrogen-bond donors (Lipinski definition) is 17. The van der Waals surface area contributed by atoms with E-state index in [0.29, 0.717) is 109 Å². The van der Waals surface area contributed by atoms with Crippen LogP contribution in [0.1, 0.15) is 129 Å². The van der Waals surface area contributed by atoms with E-state index in [-0.39, 0.29) is 145 Å². The Morgan fingerprint density at radius 1 is 0.557 bits per heavy atom. The lowest BCUT2D eigenvalue weighted by Gasteiger charge is -2.28. The van der Waals surface area contributed by atoms with Crippen molar-refractivity contribution in [3.05, 3.63) is 77.9 Å². The van der Waals surface area contributed by atoms with E-state index in [1.807, 2.05) is 64.1 Å². The predicted octanol–water partition coefficient (Wildman–Crippen LogP) is -0.259. The van der Waals surface area contributed by atoms with E-state index in [2.05, 4.69) is 68.8 Å². The standard InChI is InChI=1S/C78H127N17O18S2/c1-52(2)83-30-12-9-18-61(71(101)85-33-35-109-37-39-111-41-43-113-45-44-112-42-40-110-38-36-108-34-27-68(98)89-60(70(80)100)17-8-11-29-79)91-77(107)67-51-115-114-46-28-64(88-54(5)96)75(105)95-66(48-55-22-25-59(97)26-23-55)76(106)93-62(19-10-13-31-84-53(3)4)73(103)92-63(20-14-32-86-78(81)82)74(104)94-65(72(102)87-50-69(99)90-67)49-56-21-24-57-15-6-7-16-58(57)47-56/h6-7,15-16,21-26,47,52-53,60-67,83-84,97H,8-14,17-20,27-46,48-51,79H2,1-5H3,(H2,80,100)(H,85,101)(H,87,102)(H,88,96)(H,89,98)(H,90,99)(H,91,107)(H,92,103)(H,93,106)(H,94,104)(H,95,105)(H4,81,82,86)/t60?,61?,62?,63-,64?,65?,66?,67?/m1/s1. The van der Waals surface area contributed by atoms with Crippen molar-refractivity contribution in [1.29, 1.82) is 0 Å². The lowest BCUT2D eigenvalue weighted by atomic mass is 10.00. The van der Waals surface area contributed by atoms with Crippen LogP contribution in [0.5, 0.6) is 5.75 Å². The Morgan fingerprint density at radius 3 is 1.67 bits per heavy atom. The number of nitrogens with zero attached hydrogens (tertiary/aromatic N) is 1. The Balaban J connectivity index is 1.48. The molecule has 35 nitrogen and oxygen atoms in total. The number of unbranched alkanes of at least 4 members (excludes halogenated alkanes) is 3. The first kappa shape index (κ1) is 98.9. The summed E-state index contributed by atoms with van der Waals surface area (Å²) in [4.78, 5) is 158. The fraction of sp³-hybridized carbons (Fsp3) is 0.641. The van der Waals surface area contributed by atoms with Crippen LogP contribution in [-0.2, 0) is 94.0 Å². The number of guanidine groups is 1. The summed E-state index contributed by atoms with van der Waals surface area (Å²) in [5.41, 5.74) is 23.4. The maximum Gasteiger partial charge on any atom is 0.244 e. The second kappa shape index (κ2) is 59.2. The van der Waals surface area contributed by atoms with Crippen LogP contribution in [0.3, 0.4) is 0 Å². The maximum atomic E-state index is 14.9. The van der Waals surface area contributed by atoms with Gasteiger partial charge in [-0.15, -0.1) is 0 Å². The molecular formula is C78H127N17O18S2. The molecule has 8 atom stereocenters. The van der Waals surface area contributed by atoms with Gasteiger partial charge in [0.05, 0.1) is 85.8 Å². The maximum absolute atomic E-state index is 14.9. The second-order valence-corrected chi connectivity index (χ2v) is 30.9. The van der Waals surface area contributed by atoms with Crippen LogP contribution in [0.4, 0.5) is 0 Å². The van der Waals surface area contributed by atoms with Crippen molar-refractivity contribution in [3.8, 4) is 5.75 Å². The normalized spacial score (nSPS) is 18.3. The molecule has 3 aromatic carbocycles. The number of benzene rings is 3. The third-order valence-corrected chi connectivity index (χ3v) is 20.2. The summed E-state index contributed by atoms with van der Waals surface area (Å²) >= 11 is 0. The Morgan fingerprint density at radius 2 is 1.08 bits per heavy atom. The Labute approximate surface area is 683 Å². The smallest absolute Gasteiger partial charge is 0.244 e. The van der Waals surface area contributed by atoms with Gasteiger partial charge in [0.1, 0.15) is 54.1 Å². The molecule has 21 N–H and O–H groups in total. The van der Waals surface area contributed by atoms with Crippen molar-refractivity contribution >= 4 is 103 Å². The Kier molecular flexibility index (Phi) is 50.9. The van der Waals surface area contributed by atoms with Crippen molar-refractivity contribution in [2.45, 2.75) is 191 Å². The molecule has 3 aromatic rings. The van der Waals surface area contributed by atoms with Crippen molar-refractivity contribution in [2.24, 2.45) is 27.9 Å². The molecule has 37 heteroatoms. The van der Waals surface area contributed by atoms with E-state index < -0.39 is 114 Å². The second-order valence-electron chi connectivity index (χ2n) is 28.2. The molecule has 0 bridgehead atoms. The Bertz CT molecular complexity index is 3440. The molecule has 1 aliphatic rings. The first-order chi connectivity index (χ1) is 55.3. The summed E-state index contributed by atoms with van der Waals surface area (Å²) < 4.78 is 33.5. The molecule has 4 rings (SSSR count). The van der Waals surface area contributed by atoms with Gasteiger partial charge in [-0.2, -0.15) is 0 Å². The van der Waals surface area contributed by atoms with Gasteiger partial charge in [0.15, 0.2) is 5.96 Å². The molecule has 7 unspecified atom stereocenters. The van der Waals surface area contributed by atoms with E-state index in [1.165, 1.54) is 29.9 Å². The molecule has 0 saturated carbocycles. The molecule has 11 amide bonds. The fourth-order valence-corrected chi connectivity index (χ4v) is 13.9. The number of carbonyl (C=O) groups excluding carboxylic acids is 11. The minimum Gasteiger partial charge on any atom is -0.508 e. The zero-order valence-corrected chi connectivity index (χ0v) is 69.0. The number of primary amides is 1. The van der Waals surface area contributed by atoms with E-state index >= 15 is 0 Å². The van der Waals surface area contributed by atoms with Crippen LogP contribution < -0.4 is 86.7 Å². The summed E-state index contributed by atoms with van der Waals surface area (Å²) in [6, 6.07) is 9.60. The van der Waals surface area contributed by atoms with Gasteiger partial charge in [-0.1, -0.05) is 104 Å². The number of aromatic hydroxyl groups is 1. The van der Waals surface area contributed by atoms with Crippen molar-refractivity contribution in [2.75, 3.05) is 130 Å². The number of amides is 11. The van der Waals surface area contributed by atoms with Gasteiger partial charge in [-0.25, -0.2) is 0 Å². The molecule has 0 aromatic heterocycles. The van der Waals surface area contributed by atoms with E-state index in [4.69, 9.17) is 51.4 Å². The van der Waals surface area contributed by atoms with Crippen molar-refractivity contribution in [1.82, 2.24) is 63.8 Å². The van der Waals surface area contributed by atoms with E-state index in [0.717, 1.165) is 28.0 Å². The lowest BCUT2D eigenvalue weighted by Crippen LogP contribution is -2.60. The molecule has 0 spiro atoms. The number of fused-ring (bicyclic) bond motifs is 1. The third-order valence-electron chi connectivity index (χ3n) is 17.8. The highest BCUT2D eigenvalue weighted by Gasteiger charge is 2.35. The largest absolute Gasteiger partial charge is 0.508 e. The van der Waals surface area contributed by atoms with Gasteiger partial charge in [-0.05, 0) is 131 Å². The Hall–Kier alpha value is -8.50. The van der Waals surface area contributed by atoms with Gasteiger partial charge >= 0.3 is 0 Å². The molecular weight excluding hydrogens is 1530 g/mol. The number of carbonyl (C=O) groups is 11. The minimum absolute atomic E-state index is 0.00129. The van der Waals surface area contributed by atoms with Gasteiger partial charge in [0.25, 0.3) is 0 Å². The quantitative estimate of drug-likeness (QED) is 0.0150. The molecule has 1 heterocycles. The number of rotatable bonds is 51. The van der Waals surface area contributed by atoms with Crippen LogP contribution in [0, 0.1) is 0 Å². The third kappa shape index (κ3) is 45.0. The van der Waals surface area contributed by atoms with Gasteiger partial charge < -0.3 is 120 Å². The van der Waals surface area contributed by atoms with Crippen LogP contribution in [0.15, 0.2) is 71.7 Å². The zero-order chi connectivity index (χ0) is 84.0. The van der Waals surface area contributed by atoms with Gasteiger partial charge in [-0.3, -0.25) is 57.7 Å². The molecule has 644 valence electrons. The number of phenols is 1. The van der Waals surface area contributed by atoms with Crippen LogP contribution >= 0.6 is 21.6 Å². The van der Waals surface area contributed by atoms with Crippen molar-refractivity contribution < 1.29 is 86.3 Å². The molecule has 115 heavy (non-hydrogen) atoms. The van der Waals surface area contributed by atoms with Crippen LogP contribution in [0.25, 0.3) is 10.8 Å². The molecule has 1 aliphatic heterocycles. The predicted molar refractivity (Wildman–Crippen MR) is 442 cm³/mol. The van der Waals surface area contributed by atoms with Crippen molar-refractivity contribution in [3.63, 3.8) is 0 Å². The zero-order valence-electron chi connectivity index (χ0n) is 67.3. The van der Waals surface area contributed by atoms with Crippen LogP contribution in [-0.4, -0.2) is 267 Å². The van der Waals surface area contributed by atoms with Gasteiger partial charge in [0, 0.05) is 62.9 Å². The number of nitrogens with one attached hydrogen (secondary N) is 12. The average Bonchev–Trinajstić information content (AvgIpc) is 0.835. The summed E-state index contributed by atoms with van der Waals surface area (Å²) in [7, 11) is 2.35.